The van der Waals surface area contributed by atoms with Gasteiger partial charge in [-0.1, -0.05) is 13.0 Å². The molecule has 0 bridgehead atoms. The van der Waals surface area contributed by atoms with Crippen LogP contribution in [-0.2, 0) is 13.0 Å². The predicted octanol–water partition coefficient (Wildman–Crippen LogP) is 1.44. The minimum Gasteiger partial charge on any atom is -0.493 e. The minimum absolute atomic E-state index is 0.0665. The minimum atomic E-state index is -0.0665. The smallest absolute Gasteiger partial charge is 0.161 e. The Hall–Kier alpha value is -1.92. The lowest BCUT2D eigenvalue weighted by Crippen LogP contribution is -2.31. The molecule has 0 saturated heterocycles. The molecule has 0 saturated carbocycles. The number of methoxy groups -OCH3 is 1. The maximum Gasteiger partial charge on any atom is 0.161 e. The molecule has 0 aliphatic rings. The zero-order valence-electron chi connectivity index (χ0n) is 11.9. The molecule has 1 atom stereocenters. The van der Waals surface area contributed by atoms with Crippen LogP contribution in [-0.4, -0.2) is 21.9 Å². The van der Waals surface area contributed by atoms with E-state index in [-0.39, 0.29) is 6.04 Å². The monoisotopic (exact) mass is 275 g/mol. The molecule has 0 amide bonds. The van der Waals surface area contributed by atoms with E-state index in [0.29, 0.717) is 0 Å². The highest BCUT2D eigenvalue weighted by molar-refractivity contribution is 5.30. The molecule has 3 N–H and O–H groups in total. The van der Waals surface area contributed by atoms with Gasteiger partial charge < -0.3 is 4.74 Å². The van der Waals surface area contributed by atoms with Gasteiger partial charge in [0, 0.05) is 18.9 Å². The van der Waals surface area contributed by atoms with Crippen molar-refractivity contribution in [3.63, 3.8) is 0 Å². The molecule has 6 heteroatoms. The Kier molecular flexibility index (Phi) is 5.09. The average Bonchev–Trinajstić information content (AvgIpc) is 2.89. The van der Waals surface area contributed by atoms with E-state index >= 15 is 0 Å². The number of rotatable bonds is 7. The lowest BCUT2D eigenvalue weighted by Gasteiger charge is -2.19. The third-order valence-corrected chi connectivity index (χ3v) is 3.19. The Bertz CT molecular complexity index is 526. The van der Waals surface area contributed by atoms with Gasteiger partial charge in [-0.2, -0.15) is 5.10 Å². The molecule has 6 nitrogen and oxygen atoms in total. The Labute approximate surface area is 118 Å². The highest BCUT2D eigenvalue weighted by Crippen LogP contribution is 2.27. The van der Waals surface area contributed by atoms with Gasteiger partial charge in [-0.05, 0) is 24.5 Å². The van der Waals surface area contributed by atoms with Gasteiger partial charge in [0.15, 0.2) is 5.75 Å². The second-order valence-electron chi connectivity index (χ2n) is 4.61. The molecule has 2 heterocycles. The summed E-state index contributed by atoms with van der Waals surface area (Å²) in [5.74, 6) is 6.49. The summed E-state index contributed by atoms with van der Waals surface area (Å²) in [5, 5.41) is 4.37. The van der Waals surface area contributed by atoms with E-state index in [1.165, 1.54) is 0 Å². The van der Waals surface area contributed by atoms with Crippen LogP contribution >= 0.6 is 0 Å². The van der Waals surface area contributed by atoms with Crippen LogP contribution in [0.25, 0.3) is 0 Å². The topological polar surface area (TPSA) is 78.0 Å². The first-order valence-corrected chi connectivity index (χ1v) is 6.74. The second kappa shape index (κ2) is 7.02. The lowest BCUT2D eigenvalue weighted by molar-refractivity contribution is 0.389. The van der Waals surface area contributed by atoms with Crippen molar-refractivity contribution in [3.05, 3.63) is 42.0 Å². The number of pyridine rings is 1. The Morgan fingerprint density at radius 3 is 2.90 bits per heavy atom. The number of aryl methyl sites for hydroxylation is 1. The molecule has 0 fully saturated rings. The number of nitrogens with one attached hydrogen (secondary N) is 1. The molecule has 2 aromatic heterocycles. The van der Waals surface area contributed by atoms with Crippen molar-refractivity contribution >= 4 is 0 Å². The lowest BCUT2D eigenvalue weighted by atomic mass is 10.0. The average molecular weight is 275 g/mol. The first kappa shape index (κ1) is 14.5. The largest absolute Gasteiger partial charge is 0.493 e. The van der Waals surface area contributed by atoms with E-state index < -0.39 is 0 Å². The maximum atomic E-state index is 5.73. The summed E-state index contributed by atoms with van der Waals surface area (Å²) < 4.78 is 7.34. The van der Waals surface area contributed by atoms with Gasteiger partial charge in [0.05, 0.1) is 25.0 Å². The van der Waals surface area contributed by atoms with Crippen LogP contribution in [0.4, 0.5) is 0 Å². The molecule has 1 unspecified atom stereocenters. The summed E-state index contributed by atoms with van der Waals surface area (Å²) in [5.41, 5.74) is 4.94. The zero-order chi connectivity index (χ0) is 14.4. The van der Waals surface area contributed by atoms with Gasteiger partial charge >= 0.3 is 0 Å². The maximum absolute atomic E-state index is 5.73. The van der Waals surface area contributed by atoms with Gasteiger partial charge in [-0.25, -0.2) is 0 Å². The number of aromatic nitrogens is 3. The molecule has 2 rings (SSSR count). The second-order valence-corrected chi connectivity index (χ2v) is 4.61. The summed E-state index contributed by atoms with van der Waals surface area (Å²) in [6.45, 7) is 2.95. The van der Waals surface area contributed by atoms with Gasteiger partial charge in [0.2, 0.25) is 0 Å². The van der Waals surface area contributed by atoms with E-state index in [9.17, 15) is 0 Å². The summed E-state index contributed by atoms with van der Waals surface area (Å²) in [6.07, 6.45) is 7.07. The van der Waals surface area contributed by atoms with Crippen LogP contribution < -0.4 is 16.0 Å². The van der Waals surface area contributed by atoms with Crippen LogP contribution in [0, 0.1) is 0 Å². The summed E-state index contributed by atoms with van der Waals surface area (Å²) in [4.78, 5) is 4.13. The fourth-order valence-electron chi connectivity index (χ4n) is 2.27. The number of hydrogen-bond donors (Lipinski definition) is 2. The normalized spacial score (nSPS) is 12.3. The molecule has 0 radical (unpaired) electrons. The van der Waals surface area contributed by atoms with Crippen LogP contribution in [0.15, 0.2) is 30.7 Å². The van der Waals surface area contributed by atoms with Crippen molar-refractivity contribution in [2.45, 2.75) is 32.4 Å². The number of hydrazine groups is 1. The zero-order valence-corrected chi connectivity index (χ0v) is 11.9. The van der Waals surface area contributed by atoms with E-state index in [4.69, 9.17) is 10.6 Å². The van der Waals surface area contributed by atoms with Crippen molar-refractivity contribution in [1.82, 2.24) is 20.2 Å². The molecule has 2 aromatic rings. The van der Waals surface area contributed by atoms with Gasteiger partial charge in [0.1, 0.15) is 0 Å². The van der Waals surface area contributed by atoms with Gasteiger partial charge in [0.25, 0.3) is 0 Å². The molecule has 0 aliphatic carbocycles. The molecule has 20 heavy (non-hydrogen) atoms. The predicted molar refractivity (Wildman–Crippen MR) is 77.1 cm³/mol. The van der Waals surface area contributed by atoms with E-state index in [1.807, 2.05) is 23.0 Å². The third-order valence-electron chi connectivity index (χ3n) is 3.19. The number of nitrogens with zero attached hydrogens (tertiary/aromatic N) is 3. The first-order chi connectivity index (χ1) is 9.80. The highest BCUT2D eigenvalue weighted by Gasteiger charge is 2.21. The Morgan fingerprint density at radius 1 is 1.45 bits per heavy atom. The fourth-order valence-corrected chi connectivity index (χ4v) is 2.27. The number of ether oxygens (including phenoxy) is 1. The fraction of sp³-hybridized carbons (Fsp3) is 0.429. The summed E-state index contributed by atoms with van der Waals surface area (Å²) in [6, 6.07) is 3.89. The Balaban J connectivity index is 2.28. The molecular formula is C14H21N5O. The molecule has 0 spiro atoms. The van der Waals surface area contributed by atoms with Crippen LogP contribution in [0.1, 0.15) is 30.6 Å². The number of nitrogens with two attached hydrogens (primary N) is 1. The SMILES string of the molecule is CCCn1ncc(OC)c1C(Cc1cccnc1)NN. The van der Waals surface area contributed by atoms with Crippen molar-refractivity contribution in [2.75, 3.05) is 7.11 Å². The van der Waals surface area contributed by atoms with Crippen LogP contribution in [0.2, 0.25) is 0 Å². The van der Waals surface area contributed by atoms with Crippen LogP contribution in [0.5, 0.6) is 5.75 Å². The van der Waals surface area contributed by atoms with Crippen molar-refractivity contribution in [2.24, 2.45) is 5.84 Å². The van der Waals surface area contributed by atoms with E-state index in [2.05, 4.69) is 22.4 Å². The van der Waals surface area contributed by atoms with E-state index in [0.717, 1.165) is 36.4 Å². The standard InChI is InChI=1S/C14H21N5O/c1-3-7-19-14(13(20-2)10-17-19)12(18-15)8-11-5-4-6-16-9-11/h4-6,9-10,12,18H,3,7-8,15H2,1-2H3. The van der Waals surface area contributed by atoms with E-state index in [1.54, 1.807) is 19.5 Å². The molecule has 0 aromatic carbocycles. The molecule has 108 valence electrons. The number of hydrogen-bond acceptors (Lipinski definition) is 5. The summed E-state index contributed by atoms with van der Waals surface area (Å²) in [7, 11) is 1.65. The van der Waals surface area contributed by atoms with Crippen molar-refractivity contribution in [3.8, 4) is 5.75 Å². The first-order valence-electron chi connectivity index (χ1n) is 6.74. The van der Waals surface area contributed by atoms with Gasteiger partial charge in [-0.3, -0.25) is 20.9 Å². The van der Waals surface area contributed by atoms with Crippen molar-refractivity contribution < 1.29 is 4.74 Å². The third kappa shape index (κ3) is 3.15. The highest BCUT2D eigenvalue weighted by atomic mass is 16.5. The summed E-state index contributed by atoms with van der Waals surface area (Å²) >= 11 is 0. The van der Waals surface area contributed by atoms with Gasteiger partial charge in [-0.15, -0.1) is 0 Å². The van der Waals surface area contributed by atoms with Crippen LogP contribution in [0.3, 0.4) is 0 Å². The quantitative estimate of drug-likeness (QED) is 0.590. The Morgan fingerprint density at radius 2 is 2.30 bits per heavy atom. The molecular weight excluding hydrogens is 254 g/mol. The molecule has 0 aliphatic heterocycles. The van der Waals surface area contributed by atoms with Crippen molar-refractivity contribution in [1.29, 1.82) is 0 Å².